The van der Waals surface area contributed by atoms with Crippen LogP contribution in [0.25, 0.3) is 0 Å². The van der Waals surface area contributed by atoms with Crippen molar-refractivity contribution < 1.29 is 19.7 Å². The second-order valence-electron chi connectivity index (χ2n) is 6.84. The summed E-state index contributed by atoms with van der Waals surface area (Å²) in [6.45, 7) is 13.4. The Morgan fingerprint density at radius 2 is 1.38 bits per heavy atom. The van der Waals surface area contributed by atoms with E-state index in [1.807, 2.05) is 57.2 Å². The Bertz CT molecular complexity index is 908. The molecule has 0 fully saturated rings. The van der Waals surface area contributed by atoms with Gasteiger partial charge in [0.25, 0.3) is 0 Å². The van der Waals surface area contributed by atoms with Crippen molar-refractivity contribution in [1.29, 1.82) is 0 Å². The molecule has 0 aromatic carbocycles. The zero-order chi connectivity index (χ0) is 21.6. The summed E-state index contributed by atoms with van der Waals surface area (Å²) >= 11 is 0. The molecule has 29 heavy (non-hydrogen) atoms. The summed E-state index contributed by atoms with van der Waals surface area (Å²) in [5, 5.41) is 19.9. The summed E-state index contributed by atoms with van der Waals surface area (Å²) in [5.41, 5.74) is 2.48. The average molecular weight is 395 g/mol. The quantitative estimate of drug-likeness (QED) is 0.510. The molecule has 0 aromatic heterocycles. The standard InChI is InChI=1S/C25H30O4/c1-7-11-19-16-28-25(21(19)12-8-2)20(10-4)23(14-17(5)26)29-24(15-18(6)27)22(25)13-9-3/h7-15,26-27H,4,16H2,1-3,5-6H3/b11-7-,12-8-,13-9-,17-14+,18-15+. The molecular weight excluding hydrogens is 364 g/mol. The fourth-order valence-electron chi connectivity index (χ4n) is 3.67. The number of allylic oxidation sites excluding steroid dienone is 7. The summed E-state index contributed by atoms with van der Waals surface area (Å²) in [4.78, 5) is 0. The zero-order valence-electron chi connectivity index (χ0n) is 17.8. The topological polar surface area (TPSA) is 58.9 Å². The lowest BCUT2D eigenvalue weighted by molar-refractivity contribution is 0.0697. The number of hydrogen-bond acceptors (Lipinski definition) is 4. The van der Waals surface area contributed by atoms with E-state index in [0.29, 0.717) is 23.7 Å². The van der Waals surface area contributed by atoms with E-state index in [1.165, 1.54) is 6.08 Å². The Hall–Kier alpha value is -2.98. The van der Waals surface area contributed by atoms with E-state index in [0.717, 1.165) is 16.7 Å². The summed E-state index contributed by atoms with van der Waals surface area (Å²) in [5.74, 6) is 1.07. The van der Waals surface area contributed by atoms with Crippen LogP contribution in [0.2, 0.25) is 0 Å². The molecule has 2 aliphatic heterocycles. The number of ether oxygens (including phenoxy) is 2. The Morgan fingerprint density at radius 3 is 1.86 bits per heavy atom. The monoisotopic (exact) mass is 394 g/mol. The average Bonchev–Trinajstić information content (AvgIpc) is 2.97. The van der Waals surface area contributed by atoms with Gasteiger partial charge in [0.1, 0.15) is 11.5 Å². The van der Waals surface area contributed by atoms with Crippen LogP contribution in [-0.2, 0) is 9.47 Å². The molecule has 2 aliphatic rings. The maximum atomic E-state index is 9.96. The first-order valence-corrected chi connectivity index (χ1v) is 9.65. The van der Waals surface area contributed by atoms with E-state index < -0.39 is 5.60 Å². The van der Waals surface area contributed by atoms with Crippen LogP contribution in [0.15, 0.2) is 107 Å². The Morgan fingerprint density at radius 1 is 0.862 bits per heavy atom. The smallest absolute Gasteiger partial charge is 0.151 e. The molecular formula is C25H30O4. The zero-order valence-corrected chi connectivity index (χ0v) is 17.8. The third kappa shape index (κ3) is 4.22. The maximum absolute atomic E-state index is 9.96. The summed E-state index contributed by atoms with van der Waals surface area (Å²) in [6.07, 6.45) is 16.6. The molecule has 154 valence electrons. The van der Waals surface area contributed by atoms with Gasteiger partial charge in [-0.3, -0.25) is 0 Å². The maximum Gasteiger partial charge on any atom is 0.151 e. The van der Waals surface area contributed by atoms with Gasteiger partial charge in [0, 0.05) is 23.3 Å². The number of rotatable bonds is 6. The minimum absolute atomic E-state index is 0.0938. The van der Waals surface area contributed by atoms with Gasteiger partial charge in [-0.25, -0.2) is 0 Å². The van der Waals surface area contributed by atoms with Crippen LogP contribution in [0.1, 0.15) is 34.6 Å². The highest BCUT2D eigenvalue weighted by molar-refractivity contribution is 5.65. The SMILES string of the molecule is C=CC1=C(/C=C(\C)O)OC(/C=C(\C)O)=C(/C=C\C)C12OCC(/C=C\C)=C2/C=C\C. The van der Waals surface area contributed by atoms with Crippen LogP contribution in [0.4, 0.5) is 0 Å². The molecule has 1 unspecified atom stereocenters. The van der Waals surface area contributed by atoms with Crippen LogP contribution in [0.5, 0.6) is 0 Å². The van der Waals surface area contributed by atoms with E-state index in [1.54, 1.807) is 26.0 Å². The highest BCUT2D eigenvalue weighted by Gasteiger charge is 2.50. The van der Waals surface area contributed by atoms with Crippen LogP contribution in [0, 0.1) is 0 Å². The molecule has 0 bridgehead atoms. The summed E-state index contributed by atoms with van der Waals surface area (Å²) < 4.78 is 12.6. The van der Waals surface area contributed by atoms with Crippen molar-refractivity contribution in [3.05, 3.63) is 107 Å². The van der Waals surface area contributed by atoms with Crippen LogP contribution >= 0.6 is 0 Å². The van der Waals surface area contributed by atoms with Gasteiger partial charge in [-0.05, 0) is 45.8 Å². The van der Waals surface area contributed by atoms with Gasteiger partial charge >= 0.3 is 0 Å². The Labute approximate surface area is 173 Å². The van der Waals surface area contributed by atoms with Gasteiger partial charge in [-0.1, -0.05) is 49.1 Å². The minimum Gasteiger partial charge on any atom is -0.512 e. The minimum atomic E-state index is -0.976. The molecule has 0 amide bonds. The molecule has 4 heteroatoms. The van der Waals surface area contributed by atoms with Crippen molar-refractivity contribution in [2.45, 2.75) is 40.2 Å². The van der Waals surface area contributed by atoms with Crippen LogP contribution in [-0.4, -0.2) is 22.4 Å². The molecule has 1 atom stereocenters. The van der Waals surface area contributed by atoms with Crippen molar-refractivity contribution in [2.24, 2.45) is 0 Å². The fraction of sp³-hybridized carbons (Fsp3) is 0.280. The van der Waals surface area contributed by atoms with Crippen molar-refractivity contribution in [1.82, 2.24) is 0 Å². The highest BCUT2D eigenvalue weighted by atomic mass is 16.5. The van der Waals surface area contributed by atoms with Crippen molar-refractivity contribution in [3.63, 3.8) is 0 Å². The molecule has 0 radical (unpaired) electrons. The summed E-state index contributed by atoms with van der Waals surface area (Å²) in [7, 11) is 0. The number of aliphatic hydroxyl groups excluding tert-OH is 2. The van der Waals surface area contributed by atoms with Crippen LogP contribution < -0.4 is 0 Å². The molecule has 2 N–H and O–H groups in total. The van der Waals surface area contributed by atoms with Gasteiger partial charge in [0.05, 0.1) is 18.1 Å². The molecule has 4 nitrogen and oxygen atoms in total. The van der Waals surface area contributed by atoms with Gasteiger partial charge < -0.3 is 19.7 Å². The first kappa shape index (κ1) is 22.3. The largest absolute Gasteiger partial charge is 0.512 e. The molecule has 2 rings (SSSR count). The molecule has 1 spiro atoms. The second-order valence-corrected chi connectivity index (χ2v) is 6.84. The van der Waals surface area contributed by atoms with Crippen LogP contribution in [0.3, 0.4) is 0 Å². The second kappa shape index (κ2) is 9.48. The lowest BCUT2D eigenvalue weighted by Gasteiger charge is -2.39. The number of hydrogen-bond donors (Lipinski definition) is 2. The van der Waals surface area contributed by atoms with Crippen molar-refractivity contribution >= 4 is 0 Å². The molecule has 0 aromatic rings. The highest BCUT2D eigenvalue weighted by Crippen LogP contribution is 2.51. The number of aliphatic hydroxyl groups is 2. The molecule has 0 aliphatic carbocycles. The van der Waals surface area contributed by atoms with Crippen molar-refractivity contribution in [2.75, 3.05) is 6.61 Å². The molecule has 2 heterocycles. The van der Waals surface area contributed by atoms with E-state index in [9.17, 15) is 10.2 Å². The predicted molar refractivity (Wildman–Crippen MR) is 118 cm³/mol. The van der Waals surface area contributed by atoms with Gasteiger partial charge in [0.15, 0.2) is 5.60 Å². The van der Waals surface area contributed by atoms with Gasteiger partial charge in [-0.2, -0.15) is 0 Å². The van der Waals surface area contributed by atoms with E-state index in [4.69, 9.17) is 9.47 Å². The Balaban J connectivity index is 3.03. The lowest BCUT2D eigenvalue weighted by Crippen LogP contribution is -2.39. The normalized spacial score (nSPS) is 24.2. The molecule has 0 saturated carbocycles. The van der Waals surface area contributed by atoms with Crippen molar-refractivity contribution in [3.8, 4) is 0 Å². The summed E-state index contributed by atoms with van der Waals surface area (Å²) in [6, 6.07) is 0. The first-order chi connectivity index (χ1) is 13.8. The first-order valence-electron chi connectivity index (χ1n) is 9.65. The Kier molecular flexibility index (Phi) is 7.29. The lowest BCUT2D eigenvalue weighted by atomic mass is 9.75. The predicted octanol–water partition coefficient (Wildman–Crippen LogP) is 6.43. The fourth-order valence-corrected chi connectivity index (χ4v) is 3.67. The van der Waals surface area contributed by atoms with Gasteiger partial charge in [-0.15, -0.1) is 0 Å². The van der Waals surface area contributed by atoms with E-state index >= 15 is 0 Å². The van der Waals surface area contributed by atoms with E-state index in [2.05, 4.69) is 6.58 Å². The third-order valence-corrected chi connectivity index (χ3v) is 4.60. The van der Waals surface area contributed by atoms with Gasteiger partial charge in [0.2, 0.25) is 0 Å². The van der Waals surface area contributed by atoms with E-state index in [-0.39, 0.29) is 11.5 Å². The molecule has 0 saturated heterocycles. The third-order valence-electron chi connectivity index (χ3n) is 4.60.